The number of aromatic nitrogens is 1. The van der Waals surface area contributed by atoms with E-state index in [0.29, 0.717) is 44.9 Å². The molecule has 0 saturated carbocycles. The smallest absolute Gasteiger partial charge is 0.251 e. The van der Waals surface area contributed by atoms with Crippen molar-refractivity contribution in [2.45, 2.75) is 33.2 Å². The first-order chi connectivity index (χ1) is 18.6. The molecule has 3 aromatic carbocycles. The van der Waals surface area contributed by atoms with Crippen LogP contribution in [0, 0.1) is 18.3 Å². The lowest BCUT2D eigenvalue weighted by molar-refractivity contribution is -0.111. The van der Waals surface area contributed by atoms with E-state index in [-0.39, 0.29) is 17.4 Å². The number of nitrogens with one attached hydrogen (secondary N) is 3. The van der Waals surface area contributed by atoms with Gasteiger partial charge in [0.1, 0.15) is 17.6 Å². The van der Waals surface area contributed by atoms with E-state index in [2.05, 4.69) is 33.6 Å². The number of hydrogen-bond acceptors (Lipinski definition) is 6. The number of rotatable bonds is 7. The Labute approximate surface area is 227 Å². The van der Waals surface area contributed by atoms with Crippen molar-refractivity contribution in [3.63, 3.8) is 0 Å². The van der Waals surface area contributed by atoms with Crippen LogP contribution in [0.2, 0.25) is 0 Å². The Morgan fingerprint density at radius 3 is 2.51 bits per heavy atom. The van der Waals surface area contributed by atoms with Gasteiger partial charge < -0.3 is 20.7 Å². The van der Waals surface area contributed by atoms with Crippen LogP contribution in [0.4, 0.5) is 17.1 Å². The zero-order valence-electron chi connectivity index (χ0n) is 22.3. The highest BCUT2D eigenvalue weighted by molar-refractivity contribution is 6.03. The van der Waals surface area contributed by atoms with E-state index in [1.165, 1.54) is 12.3 Å². The van der Waals surface area contributed by atoms with Gasteiger partial charge in [-0.1, -0.05) is 12.6 Å². The van der Waals surface area contributed by atoms with Crippen molar-refractivity contribution >= 4 is 39.8 Å². The molecule has 0 unspecified atom stereocenters. The van der Waals surface area contributed by atoms with E-state index >= 15 is 0 Å². The van der Waals surface area contributed by atoms with Crippen LogP contribution in [0.1, 0.15) is 42.3 Å². The molecule has 4 aromatic rings. The first kappa shape index (κ1) is 26.9. The number of fused-ring (bicyclic) bond motifs is 1. The van der Waals surface area contributed by atoms with Gasteiger partial charge in [0.15, 0.2) is 0 Å². The van der Waals surface area contributed by atoms with Gasteiger partial charge in [0.2, 0.25) is 5.91 Å². The van der Waals surface area contributed by atoms with Crippen molar-refractivity contribution in [3.05, 3.63) is 96.2 Å². The standard InChI is InChI=1S/C31H29N5O3/c1-6-28(37)34-23-10-12-26-25(16-23)29(21(17-32)18-33-26)35-22-11-13-27(19(2)14-22)39-24-9-7-8-20(15-24)30(38)36-31(3,4)5/h6-16,18H,1H2,2-5H3,(H,33,35)(H,34,37)(H,36,38). The summed E-state index contributed by atoms with van der Waals surface area (Å²) in [6, 6.07) is 20.1. The van der Waals surface area contributed by atoms with Gasteiger partial charge in [0.05, 0.1) is 16.8 Å². The number of pyridine rings is 1. The van der Waals surface area contributed by atoms with Crippen LogP contribution in [0.3, 0.4) is 0 Å². The fourth-order valence-electron chi connectivity index (χ4n) is 3.91. The van der Waals surface area contributed by atoms with E-state index in [4.69, 9.17) is 4.74 Å². The second kappa shape index (κ2) is 11.1. The molecule has 0 aliphatic carbocycles. The molecule has 1 aromatic heterocycles. The minimum atomic E-state index is -0.347. The number of hydrogen-bond donors (Lipinski definition) is 3. The molecule has 39 heavy (non-hydrogen) atoms. The molecule has 3 N–H and O–H groups in total. The lowest BCUT2D eigenvalue weighted by Crippen LogP contribution is -2.40. The Kier molecular flexibility index (Phi) is 7.63. The molecular formula is C31H29N5O3. The SMILES string of the molecule is C=CC(=O)Nc1ccc2ncc(C#N)c(Nc3ccc(Oc4cccc(C(=O)NC(C)(C)C)c4)c(C)c3)c2c1. The Morgan fingerprint density at radius 1 is 1.05 bits per heavy atom. The lowest BCUT2D eigenvalue weighted by atomic mass is 10.1. The number of nitrogens with zero attached hydrogens (tertiary/aromatic N) is 2. The van der Waals surface area contributed by atoms with Gasteiger partial charge in [-0.2, -0.15) is 5.26 Å². The number of amides is 2. The van der Waals surface area contributed by atoms with Crippen LogP contribution < -0.4 is 20.7 Å². The van der Waals surface area contributed by atoms with E-state index in [1.807, 2.05) is 45.9 Å². The Morgan fingerprint density at radius 2 is 1.82 bits per heavy atom. The molecule has 0 atom stereocenters. The molecule has 196 valence electrons. The second-order valence-electron chi connectivity index (χ2n) is 10.0. The number of carbonyl (C=O) groups is 2. The van der Waals surface area contributed by atoms with Crippen LogP contribution in [0.5, 0.6) is 11.5 Å². The maximum Gasteiger partial charge on any atom is 0.251 e. The molecule has 0 bridgehead atoms. The predicted molar refractivity (Wildman–Crippen MR) is 153 cm³/mol. The van der Waals surface area contributed by atoms with Gasteiger partial charge in [-0.25, -0.2) is 0 Å². The lowest BCUT2D eigenvalue weighted by Gasteiger charge is -2.20. The number of anilines is 3. The van der Waals surface area contributed by atoms with Gasteiger partial charge in [0, 0.05) is 34.1 Å². The van der Waals surface area contributed by atoms with E-state index in [9.17, 15) is 14.9 Å². The van der Waals surface area contributed by atoms with E-state index in [1.54, 1.807) is 42.5 Å². The molecule has 0 aliphatic heterocycles. The molecule has 1 heterocycles. The summed E-state index contributed by atoms with van der Waals surface area (Å²) in [5, 5.41) is 19.4. The van der Waals surface area contributed by atoms with Crippen LogP contribution in [-0.2, 0) is 4.79 Å². The summed E-state index contributed by atoms with van der Waals surface area (Å²) in [7, 11) is 0. The van der Waals surface area contributed by atoms with Crippen LogP contribution >= 0.6 is 0 Å². The number of ether oxygens (including phenoxy) is 1. The number of aryl methyl sites for hydroxylation is 1. The molecule has 0 aliphatic rings. The summed E-state index contributed by atoms with van der Waals surface area (Å²) < 4.78 is 6.10. The minimum Gasteiger partial charge on any atom is -0.457 e. The molecule has 2 amide bonds. The van der Waals surface area contributed by atoms with Crippen LogP contribution in [-0.4, -0.2) is 22.3 Å². The van der Waals surface area contributed by atoms with Gasteiger partial charge in [-0.15, -0.1) is 0 Å². The van der Waals surface area contributed by atoms with Crippen molar-refractivity contribution in [3.8, 4) is 17.6 Å². The fraction of sp³-hybridized carbons (Fsp3) is 0.161. The minimum absolute atomic E-state index is 0.172. The monoisotopic (exact) mass is 519 g/mol. The Hall–Kier alpha value is -5.16. The second-order valence-corrected chi connectivity index (χ2v) is 10.0. The zero-order valence-corrected chi connectivity index (χ0v) is 22.3. The number of benzene rings is 3. The molecule has 4 rings (SSSR count). The molecule has 0 spiro atoms. The van der Waals surface area contributed by atoms with Gasteiger partial charge in [0.25, 0.3) is 5.91 Å². The molecule has 0 radical (unpaired) electrons. The highest BCUT2D eigenvalue weighted by Crippen LogP contribution is 2.33. The largest absolute Gasteiger partial charge is 0.457 e. The summed E-state index contributed by atoms with van der Waals surface area (Å²) in [5.74, 6) is 0.666. The predicted octanol–water partition coefficient (Wildman–Crippen LogP) is 6.60. The average Bonchev–Trinajstić information content (AvgIpc) is 2.89. The van der Waals surface area contributed by atoms with Crippen molar-refractivity contribution in [1.29, 1.82) is 5.26 Å². The average molecular weight is 520 g/mol. The van der Waals surface area contributed by atoms with Crippen LogP contribution in [0.15, 0.2) is 79.5 Å². The summed E-state index contributed by atoms with van der Waals surface area (Å²) in [4.78, 5) is 28.7. The van der Waals surface area contributed by atoms with Gasteiger partial charge in [-0.3, -0.25) is 14.6 Å². The third-order valence-electron chi connectivity index (χ3n) is 5.70. The molecule has 8 heteroatoms. The topological polar surface area (TPSA) is 116 Å². The normalized spacial score (nSPS) is 10.8. The number of carbonyl (C=O) groups excluding carboxylic acids is 2. The number of nitriles is 1. The fourth-order valence-corrected chi connectivity index (χ4v) is 3.91. The molecule has 0 saturated heterocycles. The summed E-state index contributed by atoms with van der Waals surface area (Å²) in [5.41, 5.74) is 3.91. The van der Waals surface area contributed by atoms with Crippen molar-refractivity contribution < 1.29 is 14.3 Å². The third-order valence-corrected chi connectivity index (χ3v) is 5.70. The third kappa shape index (κ3) is 6.59. The highest BCUT2D eigenvalue weighted by Gasteiger charge is 2.16. The summed E-state index contributed by atoms with van der Waals surface area (Å²) in [6.45, 7) is 11.2. The Bertz CT molecular complexity index is 1630. The first-order valence-corrected chi connectivity index (χ1v) is 12.3. The Balaban J connectivity index is 1.60. The zero-order chi connectivity index (χ0) is 28.2. The maximum atomic E-state index is 12.6. The van der Waals surface area contributed by atoms with E-state index in [0.717, 1.165) is 11.3 Å². The molecular weight excluding hydrogens is 490 g/mol. The maximum absolute atomic E-state index is 12.6. The van der Waals surface area contributed by atoms with Crippen molar-refractivity contribution in [1.82, 2.24) is 10.3 Å². The van der Waals surface area contributed by atoms with Crippen molar-refractivity contribution in [2.75, 3.05) is 10.6 Å². The molecule has 0 fully saturated rings. The first-order valence-electron chi connectivity index (χ1n) is 12.3. The summed E-state index contributed by atoms with van der Waals surface area (Å²) >= 11 is 0. The van der Waals surface area contributed by atoms with Crippen LogP contribution in [0.25, 0.3) is 10.9 Å². The molecule has 8 nitrogen and oxygen atoms in total. The van der Waals surface area contributed by atoms with Gasteiger partial charge in [-0.05, 0) is 93.9 Å². The van der Waals surface area contributed by atoms with E-state index < -0.39 is 0 Å². The summed E-state index contributed by atoms with van der Waals surface area (Å²) in [6.07, 6.45) is 2.70. The van der Waals surface area contributed by atoms with Crippen molar-refractivity contribution in [2.24, 2.45) is 0 Å². The van der Waals surface area contributed by atoms with Gasteiger partial charge >= 0.3 is 0 Å². The highest BCUT2D eigenvalue weighted by atomic mass is 16.5. The quantitative estimate of drug-likeness (QED) is 0.237.